The molecule has 3 amide bonds. The highest BCUT2D eigenvalue weighted by Gasteiger charge is 2.21. The minimum absolute atomic E-state index is 0.0695. The van der Waals surface area contributed by atoms with E-state index < -0.39 is 34.4 Å². The summed E-state index contributed by atoms with van der Waals surface area (Å²) >= 11 is 0. The molecule has 4 N–H and O–H groups in total. The average molecular weight is 517 g/mol. The third kappa shape index (κ3) is 7.60. The van der Waals surface area contributed by atoms with Crippen LogP contribution >= 0.6 is 0 Å². The van der Waals surface area contributed by atoms with E-state index in [4.69, 9.17) is 5.11 Å². The van der Waals surface area contributed by atoms with Crippen molar-refractivity contribution in [1.82, 2.24) is 20.3 Å². The third-order valence-corrected chi connectivity index (χ3v) is 7.15. The maximum Gasteiger partial charge on any atom is 0.322 e. The number of carbonyl (C=O) groups excluding carboxylic acids is 3. The number of amides is 3. The molecule has 0 saturated heterocycles. The van der Waals surface area contributed by atoms with Crippen molar-refractivity contribution in [3.8, 4) is 0 Å². The molecule has 2 aromatic rings. The molecule has 0 radical (unpaired) electrons. The van der Waals surface area contributed by atoms with Gasteiger partial charge in [0.05, 0.1) is 10.5 Å². The Bertz CT molecular complexity index is 1210. The number of aromatic nitrogens is 1. The predicted octanol–water partition coefficient (Wildman–Crippen LogP) is 1.25. The van der Waals surface area contributed by atoms with E-state index in [0.717, 1.165) is 37.4 Å². The minimum atomic E-state index is -4.16. The summed E-state index contributed by atoms with van der Waals surface area (Å²) in [7, 11) is -4.16. The highest BCUT2D eigenvalue weighted by Crippen LogP contribution is 2.23. The maximum absolute atomic E-state index is 12.6. The van der Waals surface area contributed by atoms with E-state index in [1.54, 1.807) is 12.1 Å². The zero-order chi connectivity index (χ0) is 26.1. The molecule has 0 spiro atoms. The van der Waals surface area contributed by atoms with Crippen LogP contribution in [-0.4, -0.2) is 55.3 Å². The van der Waals surface area contributed by atoms with Gasteiger partial charge in [-0.1, -0.05) is 31.4 Å². The molecule has 0 atom stereocenters. The molecule has 1 heterocycles. The second-order valence-electron chi connectivity index (χ2n) is 8.46. The van der Waals surface area contributed by atoms with Gasteiger partial charge in [0.25, 0.3) is 21.8 Å². The van der Waals surface area contributed by atoms with Crippen LogP contribution in [0.25, 0.3) is 0 Å². The Morgan fingerprint density at radius 3 is 2.22 bits per heavy atom. The zero-order valence-electron chi connectivity index (χ0n) is 19.5. The molecule has 3 rings (SSSR count). The van der Waals surface area contributed by atoms with Gasteiger partial charge < -0.3 is 15.7 Å². The first kappa shape index (κ1) is 26.8. The van der Waals surface area contributed by atoms with Gasteiger partial charge in [-0.25, -0.2) is 13.1 Å². The third-order valence-electron chi connectivity index (χ3n) is 5.81. The van der Waals surface area contributed by atoms with Crippen LogP contribution in [0.4, 0.5) is 0 Å². The number of nitrogens with zero attached hydrogens (tertiary/aromatic N) is 1. The zero-order valence-corrected chi connectivity index (χ0v) is 20.3. The molecule has 1 saturated carbocycles. The van der Waals surface area contributed by atoms with Crippen molar-refractivity contribution in [2.45, 2.75) is 43.4 Å². The van der Waals surface area contributed by atoms with E-state index >= 15 is 0 Å². The van der Waals surface area contributed by atoms with E-state index in [0.29, 0.717) is 13.0 Å². The lowest BCUT2D eigenvalue weighted by molar-refractivity contribution is -0.135. The van der Waals surface area contributed by atoms with Crippen LogP contribution in [0, 0.1) is 5.92 Å². The normalized spacial score (nSPS) is 14.0. The van der Waals surface area contributed by atoms with Crippen LogP contribution in [0.1, 0.15) is 58.5 Å². The van der Waals surface area contributed by atoms with Crippen molar-refractivity contribution in [2.24, 2.45) is 5.92 Å². The molecule has 11 nitrogen and oxygen atoms in total. The molecular formula is C24H28N4O7S. The standard InChI is InChI=1S/C24H28N4O7S/c29-21(30)15-27-24(33)20-11-8-18(14-26-20)23(32)28-36(34,35)19-9-6-16(7-10-19)12-13-25-22(31)17-4-2-1-3-5-17/h6-11,14,17H,1-5,12-13,15H2,(H,25,31)(H,27,33)(H,28,32)(H,29,30). The Kier molecular flexibility index (Phi) is 9.12. The van der Waals surface area contributed by atoms with Crippen LogP contribution in [-0.2, 0) is 26.0 Å². The summed E-state index contributed by atoms with van der Waals surface area (Å²) < 4.78 is 27.2. The highest BCUT2D eigenvalue weighted by molar-refractivity contribution is 7.90. The molecular weight excluding hydrogens is 488 g/mol. The molecule has 1 aromatic carbocycles. The Balaban J connectivity index is 1.52. The van der Waals surface area contributed by atoms with Crippen LogP contribution in [0.15, 0.2) is 47.5 Å². The van der Waals surface area contributed by atoms with Crippen LogP contribution < -0.4 is 15.4 Å². The summed E-state index contributed by atoms with van der Waals surface area (Å²) in [5.74, 6) is -2.76. The SMILES string of the molecule is O=C(O)CNC(=O)c1ccc(C(=O)NS(=O)(=O)c2ccc(CCNC(=O)C3CCCCC3)cc2)cn1. The number of nitrogens with one attached hydrogen (secondary N) is 3. The monoisotopic (exact) mass is 516 g/mol. The van der Waals surface area contributed by atoms with Crippen molar-refractivity contribution in [3.63, 3.8) is 0 Å². The molecule has 0 bridgehead atoms. The maximum atomic E-state index is 12.6. The van der Waals surface area contributed by atoms with E-state index in [1.165, 1.54) is 30.7 Å². The number of sulfonamides is 1. The topological polar surface area (TPSA) is 172 Å². The number of benzene rings is 1. The smallest absolute Gasteiger partial charge is 0.322 e. The first-order valence-corrected chi connectivity index (χ1v) is 13.0. The highest BCUT2D eigenvalue weighted by atomic mass is 32.2. The fourth-order valence-electron chi connectivity index (χ4n) is 3.82. The Hall–Kier alpha value is -3.80. The number of carbonyl (C=O) groups is 4. The van der Waals surface area contributed by atoms with Gasteiger partial charge in [-0.05, 0) is 49.1 Å². The van der Waals surface area contributed by atoms with Gasteiger partial charge in [0, 0.05) is 18.7 Å². The fourth-order valence-corrected chi connectivity index (χ4v) is 4.80. The van der Waals surface area contributed by atoms with E-state index in [1.807, 2.05) is 4.72 Å². The minimum Gasteiger partial charge on any atom is -0.480 e. The summed E-state index contributed by atoms with van der Waals surface area (Å²) in [5, 5.41) is 13.7. The second-order valence-corrected chi connectivity index (χ2v) is 10.1. The number of carboxylic acid groups (broad SMARTS) is 1. The molecule has 0 unspecified atom stereocenters. The van der Waals surface area contributed by atoms with Gasteiger partial charge in [0.1, 0.15) is 12.2 Å². The second kappa shape index (κ2) is 12.2. The Morgan fingerprint density at radius 1 is 0.917 bits per heavy atom. The lowest BCUT2D eigenvalue weighted by Crippen LogP contribution is -2.33. The van der Waals surface area contributed by atoms with E-state index in [-0.39, 0.29) is 28.0 Å². The van der Waals surface area contributed by atoms with Crippen LogP contribution in [0.5, 0.6) is 0 Å². The molecule has 1 aliphatic rings. The number of pyridine rings is 1. The molecule has 192 valence electrons. The first-order valence-electron chi connectivity index (χ1n) is 11.6. The van der Waals surface area contributed by atoms with Crippen molar-refractivity contribution in [3.05, 3.63) is 59.4 Å². The molecule has 12 heteroatoms. The van der Waals surface area contributed by atoms with Crippen LogP contribution in [0.3, 0.4) is 0 Å². The van der Waals surface area contributed by atoms with Crippen LogP contribution in [0.2, 0.25) is 0 Å². The summed E-state index contributed by atoms with van der Waals surface area (Å²) in [5.41, 5.74) is 0.616. The van der Waals surface area contributed by atoms with Gasteiger partial charge in [0.2, 0.25) is 5.91 Å². The van der Waals surface area contributed by atoms with Gasteiger partial charge in [-0.3, -0.25) is 24.2 Å². The van der Waals surface area contributed by atoms with Crippen molar-refractivity contribution >= 4 is 33.7 Å². The fraction of sp³-hybridized carbons (Fsp3) is 0.375. The lowest BCUT2D eigenvalue weighted by atomic mass is 9.88. The Morgan fingerprint density at radius 2 is 1.61 bits per heavy atom. The van der Waals surface area contributed by atoms with E-state index in [9.17, 15) is 27.6 Å². The number of hydrogen-bond acceptors (Lipinski definition) is 7. The molecule has 1 fully saturated rings. The lowest BCUT2D eigenvalue weighted by Gasteiger charge is -2.20. The summed E-state index contributed by atoms with van der Waals surface area (Å²) in [6, 6.07) is 8.39. The van der Waals surface area contributed by atoms with Gasteiger partial charge in [-0.15, -0.1) is 0 Å². The number of carboxylic acids is 1. The molecule has 36 heavy (non-hydrogen) atoms. The van der Waals surface area contributed by atoms with Crippen molar-refractivity contribution in [2.75, 3.05) is 13.1 Å². The van der Waals surface area contributed by atoms with E-state index in [2.05, 4.69) is 15.6 Å². The largest absolute Gasteiger partial charge is 0.480 e. The molecule has 1 aromatic heterocycles. The van der Waals surface area contributed by atoms with Gasteiger partial charge >= 0.3 is 5.97 Å². The number of aliphatic carboxylic acids is 1. The van der Waals surface area contributed by atoms with Crippen molar-refractivity contribution < 1.29 is 32.7 Å². The van der Waals surface area contributed by atoms with Gasteiger partial charge in [0.15, 0.2) is 0 Å². The number of rotatable bonds is 10. The van der Waals surface area contributed by atoms with Crippen molar-refractivity contribution in [1.29, 1.82) is 0 Å². The molecule has 1 aliphatic carbocycles. The van der Waals surface area contributed by atoms with Gasteiger partial charge in [-0.2, -0.15) is 0 Å². The quantitative estimate of drug-likeness (QED) is 0.365. The summed E-state index contributed by atoms with van der Waals surface area (Å²) in [6.45, 7) is -0.135. The first-order chi connectivity index (χ1) is 17.2. The average Bonchev–Trinajstić information content (AvgIpc) is 2.88. The summed E-state index contributed by atoms with van der Waals surface area (Å²) in [6.07, 6.45) is 6.75. The Labute approximate surface area is 208 Å². The number of hydrogen-bond donors (Lipinski definition) is 4. The summed E-state index contributed by atoms with van der Waals surface area (Å²) in [4.78, 5) is 50.6. The predicted molar refractivity (Wildman–Crippen MR) is 129 cm³/mol. The molecule has 0 aliphatic heterocycles.